The van der Waals surface area contributed by atoms with Crippen molar-refractivity contribution >= 4 is 23.1 Å². The number of hydrogen-bond donors (Lipinski definition) is 0. The Bertz CT molecular complexity index is 1070. The Hall–Kier alpha value is -1.81. The molecule has 8 heteroatoms. The molecular formula is C28H40O6SSi. The first-order chi connectivity index (χ1) is 17.2. The molecule has 0 N–H and O–H groups in total. The van der Waals surface area contributed by atoms with Crippen molar-refractivity contribution in [2.75, 3.05) is 40.2 Å². The van der Waals surface area contributed by atoms with Gasteiger partial charge in [0.25, 0.3) is 0 Å². The molecule has 0 amide bonds. The number of ether oxygens (including phenoxy) is 4. The molecule has 0 saturated heterocycles. The first kappa shape index (κ1) is 28.8. The zero-order valence-corrected chi connectivity index (χ0v) is 23.9. The maximum atomic E-state index is 13.7. The van der Waals surface area contributed by atoms with Gasteiger partial charge < -0.3 is 18.9 Å². The zero-order chi connectivity index (χ0) is 26.3. The normalized spacial score (nSPS) is 24.6. The summed E-state index contributed by atoms with van der Waals surface area (Å²) in [6.45, 7) is 11.4. The van der Waals surface area contributed by atoms with E-state index in [2.05, 4.69) is 43.9 Å². The van der Waals surface area contributed by atoms with E-state index in [1.54, 1.807) is 26.4 Å². The summed E-state index contributed by atoms with van der Waals surface area (Å²) in [5.74, 6) is -0.377. The lowest BCUT2D eigenvalue weighted by molar-refractivity contribution is -0.114. The molecule has 3 rings (SSSR count). The minimum atomic E-state index is -3.55. The lowest BCUT2D eigenvalue weighted by atomic mass is 9.96. The average molecular weight is 533 g/mol. The highest BCUT2D eigenvalue weighted by Crippen LogP contribution is 2.53. The Labute approximate surface area is 217 Å². The predicted molar refractivity (Wildman–Crippen MR) is 146 cm³/mol. The van der Waals surface area contributed by atoms with Crippen LogP contribution in [0.4, 0.5) is 0 Å². The summed E-state index contributed by atoms with van der Waals surface area (Å²) in [4.78, 5) is 0.349. The molecule has 198 valence electrons. The Balaban J connectivity index is 2.10. The quantitative estimate of drug-likeness (QED) is 0.165. The Kier molecular flexibility index (Phi) is 10.1. The van der Waals surface area contributed by atoms with Crippen molar-refractivity contribution < 1.29 is 27.4 Å². The van der Waals surface area contributed by atoms with Crippen LogP contribution in [-0.4, -0.2) is 62.8 Å². The molecule has 6 nitrogen and oxygen atoms in total. The van der Waals surface area contributed by atoms with Gasteiger partial charge in [-0.05, 0) is 30.5 Å². The monoisotopic (exact) mass is 532 g/mol. The molecule has 1 aliphatic rings. The predicted octanol–water partition coefficient (Wildman–Crippen LogP) is 4.41. The van der Waals surface area contributed by atoms with Gasteiger partial charge in [-0.15, -0.1) is 6.58 Å². The van der Waals surface area contributed by atoms with E-state index in [1.165, 1.54) is 5.19 Å². The molecule has 0 heterocycles. The second-order valence-electron chi connectivity index (χ2n) is 10.2. The summed E-state index contributed by atoms with van der Waals surface area (Å²) >= 11 is 0. The topological polar surface area (TPSA) is 71.1 Å². The van der Waals surface area contributed by atoms with Crippen LogP contribution in [0.25, 0.3) is 0 Å². The number of methoxy groups -OCH3 is 2. The van der Waals surface area contributed by atoms with Gasteiger partial charge >= 0.3 is 0 Å². The zero-order valence-electron chi connectivity index (χ0n) is 22.1. The van der Waals surface area contributed by atoms with Crippen LogP contribution in [0.3, 0.4) is 0 Å². The first-order valence-electron chi connectivity index (χ1n) is 12.3. The van der Waals surface area contributed by atoms with Crippen molar-refractivity contribution in [1.82, 2.24) is 0 Å². The SMILES string of the molecule is C=C[C@@H]1[C@H](CS(=O)(=O)c2ccc(C)cc2)[C@@H]([Si](C)(C)c2ccccc2)[C@H](COCOC)[C@H]1OCOC. The van der Waals surface area contributed by atoms with E-state index in [1.807, 2.05) is 31.2 Å². The van der Waals surface area contributed by atoms with Gasteiger partial charge in [-0.1, -0.05) is 72.4 Å². The molecular weight excluding hydrogens is 492 g/mol. The molecule has 0 spiro atoms. The fourth-order valence-electron chi connectivity index (χ4n) is 5.89. The summed E-state index contributed by atoms with van der Waals surface area (Å²) in [5, 5.41) is 1.28. The molecule has 2 aromatic carbocycles. The Morgan fingerprint density at radius 1 is 0.944 bits per heavy atom. The van der Waals surface area contributed by atoms with Crippen molar-refractivity contribution in [3.05, 3.63) is 72.8 Å². The summed E-state index contributed by atoms with van der Waals surface area (Å²) in [6.07, 6.45) is 1.59. The van der Waals surface area contributed by atoms with Gasteiger partial charge in [0.1, 0.15) is 13.6 Å². The van der Waals surface area contributed by atoms with Gasteiger partial charge in [0.15, 0.2) is 9.84 Å². The number of hydrogen-bond acceptors (Lipinski definition) is 6. The number of benzene rings is 2. The Morgan fingerprint density at radius 2 is 1.58 bits per heavy atom. The van der Waals surface area contributed by atoms with Gasteiger partial charge in [-0.25, -0.2) is 8.42 Å². The van der Waals surface area contributed by atoms with E-state index < -0.39 is 17.9 Å². The van der Waals surface area contributed by atoms with Gasteiger partial charge in [0.2, 0.25) is 0 Å². The van der Waals surface area contributed by atoms with E-state index in [4.69, 9.17) is 18.9 Å². The molecule has 1 saturated carbocycles. The van der Waals surface area contributed by atoms with Crippen LogP contribution in [0.1, 0.15) is 5.56 Å². The highest BCUT2D eigenvalue weighted by atomic mass is 32.2. The molecule has 1 fully saturated rings. The maximum Gasteiger partial charge on any atom is 0.178 e. The third kappa shape index (κ3) is 6.35. The summed E-state index contributed by atoms with van der Waals surface area (Å²) in [5.41, 5.74) is 1.08. The fraction of sp³-hybridized carbons (Fsp3) is 0.500. The third-order valence-corrected chi connectivity index (χ3v) is 13.7. The molecule has 5 atom stereocenters. The Morgan fingerprint density at radius 3 is 2.17 bits per heavy atom. The summed E-state index contributed by atoms with van der Waals surface area (Å²) in [6, 6.07) is 17.5. The van der Waals surface area contributed by atoms with E-state index in [9.17, 15) is 8.42 Å². The molecule has 0 unspecified atom stereocenters. The van der Waals surface area contributed by atoms with Gasteiger partial charge in [-0.3, -0.25) is 0 Å². The first-order valence-corrected chi connectivity index (χ1v) is 17.0. The molecule has 0 radical (unpaired) electrons. The third-order valence-electron chi connectivity index (χ3n) is 7.52. The lowest BCUT2D eigenvalue weighted by Crippen LogP contribution is -2.51. The van der Waals surface area contributed by atoms with E-state index in [0.717, 1.165) is 5.56 Å². The lowest BCUT2D eigenvalue weighted by Gasteiger charge is -2.39. The van der Waals surface area contributed by atoms with Crippen LogP contribution in [-0.2, 0) is 28.8 Å². The van der Waals surface area contributed by atoms with E-state index in [-0.39, 0.29) is 48.7 Å². The molecule has 0 aromatic heterocycles. The van der Waals surface area contributed by atoms with Crippen LogP contribution >= 0.6 is 0 Å². The van der Waals surface area contributed by atoms with Crippen molar-refractivity contribution in [2.24, 2.45) is 17.8 Å². The second-order valence-corrected chi connectivity index (χ2v) is 16.9. The molecule has 1 aliphatic carbocycles. The minimum Gasteiger partial charge on any atom is -0.359 e. The number of rotatable bonds is 13. The largest absolute Gasteiger partial charge is 0.359 e. The van der Waals surface area contributed by atoms with Gasteiger partial charge in [0, 0.05) is 26.1 Å². The second kappa shape index (κ2) is 12.6. The maximum absolute atomic E-state index is 13.7. The highest BCUT2D eigenvalue weighted by Gasteiger charge is 2.57. The molecule has 36 heavy (non-hydrogen) atoms. The van der Waals surface area contributed by atoms with Gasteiger partial charge in [-0.2, -0.15) is 0 Å². The van der Waals surface area contributed by atoms with Crippen LogP contribution in [0.15, 0.2) is 72.1 Å². The van der Waals surface area contributed by atoms with E-state index in [0.29, 0.717) is 11.5 Å². The van der Waals surface area contributed by atoms with Crippen molar-refractivity contribution in [1.29, 1.82) is 0 Å². The van der Waals surface area contributed by atoms with Crippen LogP contribution < -0.4 is 5.19 Å². The minimum absolute atomic E-state index is 0.0221. The number of sulfone groups is 1. The van der Waals surface area contributed by atoms with E-state index >= 15 is 0 Å². The average Bonchev–Trinajstić information content (AvgIpc) is 3.15. The van der Waals surface area contributed by atoms with Crippen LogP contribution in [0.2, 0.25) is 18.6 Å². The van der Waals surface area contributed by atoms with Crippen LogP contribution in [0.5, 0.6) is 0 Å². The number of aryl methyl sites for hydroxylation is 1. The standard InChI is InChI=1S/C28H40O6SSi/c1-7-24-26(18-35(29,30)22-15-13-21(2)14-16-22)28(36(5,6)23-11-9-8-10-12-23)25(17-33-19-31-3)27(24)34-20-32-4/h7-16,24-28H,1,17-20H2,2-6H3/t24-,25-,26+,27+,28+/m1/s1. The van der Waals surface area contributed by atoms with Crippen molar-refractivity contribution in [2.45, 2.75) is 36.6 Å². The molecule has 2 aromatic rings. The highest BCUT2D eigenvalue weighted by molar-refractivity contribution is 7.91. The fourth-order valence-corrected chi connectivity index (χ4v) is 11.9. The molecule has 0 bridgehead atoms. The summed E-state index contributed by atoms with van der Waals surface area (Å²) in [7, 11) is -2.60. The van der Waals surface area contributed by atoms with Crippen molar-refractivity contribution in [3.8, 4) is 0 Å². The molecule has 0 aliphatic heterocycles. The van der Waals surface area contributed by atoms with Crippen LogP contribution in [0, 0.1) is 24.7 Å². The van der Waals surface area contributed by atoms with Gasteiger partial charge in [0.05, 0.1) is 31.4 Å². The smallest absolute Gasteiger partial charge is 0.178 e. The summed E-state index contributed by atoms with van der Waals surface area (Å²) < 4.78 is 50.0. The van der Waals surface area contributed by atoms with Crippen molar-refractivity contribution in [3.63, 3.8) is 0 Å².